The van der Waals surface area contributed by atoms with E-state index in [9.17, 15) is 13.2 Å². The number of carbonyl (C=O) groups excluding carboxylic acids is 1. The number of methoxy groups -OCH3 is 1. The molecule has 4 rings (SSSR count). The minimum absolute atomic E-state index is 0.0223. The van der Waals surface area contributed by atoms with Crippen molar-refractivity contribution in [3.8, 4) is 17.1 Å². The normalized spacial score (nSPS) is 12.2. The molecule has 3 aromatic carbocycles. The van der Waals surface area contributed by atoms with Crippen LogP contribution in [0.4, 0.5) is 5.69 Å². The van der Waals surface area contributed by atoms with Crippen molar-refractivity contribution in [3.05, 3.63) is 102 Å². The van der Waals surface area contributed by atoms with E-state index < -0.39 is 10.0 Å². The fraction of sp³-hybridized carbons (Fsp3) is 0.207. The van der Waals surface area contributed by atoms with Gasteiger partial charge in [0.2, 0.25) is 10.0 Å². The second-order valence-electron chi connectivity index (χ2n) is 8.99. The Morgan fingerprint density at radius 2 is 1.74 bits per heavy atom. The number of hydrogen-bond donors (Lipinski definition) is 2. The molecule has 1 heterocycles. The lowest BCUT2D eigenvalue weighted by Crippen LogP contribution is -2.27. The molecule has 0 aliphatic heterocycles. The monoisotopic (exact) mass is 533 g/mol. The van der Waals surface area contributed by atoms with E-state index in [-0.39, 0.29) is 22.4 Å². The third-order valence-corrected chi connectivity index (χ3v) is 7.99. The summed E-state index contributed by atoms with van der Waals surface area (Å²) in [7, 11) is 0.725. The second-order valence-corrected chi connectivity index (χ2v) is 11.1. The summed E-state index contributed by atoms with van der Waals surface area (Å²) in [5, 5.41) is 6.25. The maximum Gasteiger partial charge on any atom is 0.251 e. The van der Waals surface area contributed by atoms with Crippen molar-refractivity contribution < 1.29 is 22.4 Å². The average molecular weight is 534 g/mol. The van der Waals surface area contributed by atoms with Crippen LogP contribution < -0.4 is 15.4 Å². The molecule has 1 amide bonds. The van der Waals surface area contributed by atoms with E-state index in [1.165, 1.54) is 26.2 Å². The Kier molecular flexibility index (Phi) is 8.19. The molecule has 0 saturated heterocycles. The number of hydrogen-bond acceptors (Lipinski definition) is 6. The Balaban J connectivity index is 1.61. The number of carbonyl (C=O) groups is 1. The highest BCUT2D eigenvalue weighted by Gasteiger charge is 2.21. The van der Waals surface area contributed by atoms with Crippen LogP contribution in [0.5, 0.6) is 5.75 Å². The first-order chi connectivity index (χ1) is 18.2. The van der Waals surface area contributed by atoms with Gasteiger partial charge in [0.25, 0.3) is 5.91 Å². The van der Waals surface area contributed by atoms with Gasteiger partial charge in [-0.3, -0.25) is 4.79 Å². The van der Waals surface area contributed by atoms with Crippen LogP contribution in [-0.2, 0) is 16.6 Å². The molecule has 0 spiro atoms. The number of ether oxygens (including phenoxy) is 1. The minimum atomic E-state index is -3.79. The zero-order chi connectivity index (χ0) is 27.3. The Morgan fingerprint density at radius 1 is 1.00 bits per heavy atom. The molecule has 0 fully saturated rings. The summed E-state index contributed by atoms with van der Waals surface area (Å²) in [6.07, 6.45) is 1.62. The van der Waals surface area contributed by atoms with Crippen LogP contribution in [-0.4, -0.2) is 39.8 Å². The summed E-state index contributed by atoms with van der Waals surface area (Å²) in [6, 6.07) is 23.2. The first-order valence-corrected chi connectivity index (χ1v) is 13.5. The van der Waals surface area contributed by atoms with Crippen molar-refractivity contribution in [1.82, 2.24) is 9.62 Å². The number of nitrogens with zero attached hydrogens (tertiary/aromatic N) is 1. The van der Waals surface area contributed by atoms with E-state index in [1.54, 1.807) is 19.4 Å². The number of amides is 1. The molecule has 0 bridgehead atoms. The third kappa shape index (κ3) is 6.07. The number of nitrogens with one attached hydrogen (secondary N) is 2. The van der Waals surface area contributed by atoms with Crippen LogP contribution in [0.1, 0.15) is 34.5 Å². The number of rotatable bonds is 10. The first kappa shape index (κ1) is 27.0. The molecule has 0 aliphatic carbocycles. The molecule has 0 saturated carbocycles. The van der Waals surface area contributed by atoms with Crippen LogP contribution in [0, 0.1) is 0 Å². The van der Waals surface area contributed by atoms with Crippen molar-refractivity contribution in [3.63, 3.8) is 0 Å². The van der Waals surface area contributed by atoms with E-state index >= 15 is 0 Å². The molecule has 0 aliphatic rings. The summed E-state index contributed by atoms with van der Waals surface area (Å²) in [4.78, 5) is 13.3. The molecule has 38 heavy (non-hydrogen) atoms. The Morgan fingerprint density at radius 3 is 2.39 bits per heavy atom. The van der Waals surface area contributed by atoms with Crippen LogP contribution in [0.15, 0.2) is 94.4 Å². The van der Waals surface area contributed by atoms with Crippen LogP contribution >= 0.6 is 0 Å². The molecule has 4 aromatic rings. The Bertz CT molecular complexity index is 1500. The topological polar surface area (TPSA) is 101 Å². The smallest absolute Gasteiger partial charge is 0.251 e. The highest BCUT2D eigenvalue weighted by Crippen LogP contribution is 2.27. The van der Waals surface area contributed by atoms with Gasteiger partial charge in [-0.15, -0.1) is 0 Å². The van der Waals surface area contributed by atoms with Gasteiger partial charge in [0, 0.05) is 37.5 Å². The number of anilines is 1. The lowest BCUT2D eigenvalue weighted by atomic mass is 10.0. The molecule has 0 radical (unpaired) electrons. The lowest BCUT2D eigenvalue weighted by molar-refractivity contribution is 0.0939. The van der Waals surface area contributed by atoms with Gasteiger partial charge in [-0.05, 0) is 60.5 Å². The summed E-state index contributed by atoms with van der Waals surface area (Å²) in [5.41, 5.74) is 3.51. The fourth-order valence-electron chi connectivity index (χ4n) is 3.99. The number of benzene rings is 3. The maximum atomic E-state index is 13.3. The van der Waals surface area contributed by atoms with Gasteiger partial charge >= 0.3 is 0 Å². The lowest BCUT2D eigenvalue weighted by Gasteiger charge is -2.18. The average Bonchev–Trinajstić information content (AvgIpc) is 3.46. The quantitative estimate of drug-likeness (QED) is 0.287. The van der Waals surface area contributed by atoms with E-state index in [0.29, 0.717) is 12.2 Å². The van der Waals surface area contributed by atoms with Crippen LogP contribution in [0.25, 0.3) is 11.3 Å². The molecule has 0 unspecified atom stereocenters. The number of furan rings is 1. The first-order valence-electron chi connectivity index (χ1n) is 12.1. The standard InChI is InChI=1S/C29H31N3O5S/c1-20(21-11-13-25(36-4)14-12-21)31-29(33)23-16-24(18-26(17-23)38(34,35)32(2)3)30-19-22-8-5-6-9-27(22)28-10-7-15-37-28/h5-18,20,30H,19H2,1-4H3,(H,31,33)/t20-/m1/s1. The molecule has 1 atom stereocenters. The van der Waals surface area contributed by atoms with E-state index in [2.05, 4.69) is 10.6 Å². The molecule has 2 N–H and O–H groups in total. The summed E-state index contributed by atoms with van der Waals surface area (Å²) < 4.78 is 37.9. The van der Waals surface area contributed by atoms with Gasteiger partial charge in [-0.25, -0.2) is 12.7 Å². The molecule has 1 aromatic heterocycles. The van der Waals surface area contributed by atoms with Crippen LogP contribution in [0.3, 0.4) is 0 Å². The number of sulfonamides is 1. The summed E-state index contributed by atoms with van der Waals surface area (Å²) in [5.74, 6) is 1.07. The predicted molar refractivity (Wildman–Crippen MR) is 148 cm³/mol. The van der Waals surface area contributed by atoms with E-state index in [1.807, 2.05) is 67.6 Å². The van der Waals surface area contributed by atoms with Crippen molar-refractivity contribution in [1.29, 1.82) is 0 Å². The van der Waals surface area contributed by atoms with Crippen molar-refractivity contribution in [2.45, 2.75) is 24.4 Å². The largest absolute Gasteiger partial charge is 0.497 e. The SMILES string of the molecule is COc1ccc([C@@H](C)NC(=O)c2cc(NCc3ccccc3-c3ccco3)cc(S(=O)(=O)N(C)C)c2)cc1. The van der Waals surface area contributed by atoms with Gasteiger partial charge in [0.1, 0.15) is 11.5 Å². The highest BCUT2D eigenvalue weighted by atomic mass is 32.2. The van der Waals surface area contributed by atoms with Crippen molar-refractivity contribution >= 4 is 21.6 Å². The van der Waals surface area contributed by atoms with E-state index in [4.69, 9.17) is 9.15 Å². The predicted octanol–water partition coefficient (Wildman–Crippen LogP) is 5.31. The Hall–Kier alpha value is -4.08. The van der Waals surface area contributed by atoms with Gasteiger partial charge in [-0.1, -0.05) is 36.4 Å². The minimum Gasteiger partial charge on any atom is -0.497 e. The Labute approximate surface area is 223 Å². The molecule has 198 valence electrons. The van der Waals surface area contributed by atoms with E-state index in [0.717, 1.165) is 32.5 Å². The van der Waals surface area contributed by atoms with Gasteiger partial charge in [-0.2, -0.15) is 0 Å². The summed E-state index contributed by atoms with van der Waals surface area (Å²) in [6.45, 7) is 2.26. The summed E-state index contributed by atoms with van der Waals surface area (Å²) >= 11 is 0. The van der Waals surface area contributed by atoms with Crippen molar-refractivity contribution in [2.24, 2.45) is 0 Å². The van der Waals surface area contributed by atoms with Gasteiger partial charge < -0.3 is 19.8 Å². The van der Waals surface area contributed by atoms with Crippen molar-refractivity contribution in [2.75, 3.05) is 26.5 Å². The molecular formula is C29H31N3O5S. The zero-order valence-corrected chi connectivity index (χ0v) is 22.6. The molecule has 9 heteroatoms. The van der Waals surface area contributed by atoms with Crippen LogP contribution in [0.2, 0.25) is 0 Å². The highest BCUT2D eigenvalue weighted by molar-refractivity contribution is 7.89. The third-order valence-electron chi connectivity index (χ3n) is 6.20. The zero-order valence-electron chi connectivity index (χ0n) is 21.8. The van der Waals surface area contributed by atoms with Gasteiger partial charge in [0.15, 0.2) is 0 Å². The van der Waals surface area contributed by atoms with Gasteiger partial charge in [0.05, 0.1) is 24.3 Å². The fourth-order valence-corrected chi connectivity index (χ4v) is 4.97. The molecular weight excluding hydrogens is 502 g/mol. The molecule has 8 nitrogen and oxygen atoms in total. The second kappa shape index (κ2) is 11.5. The maximum absolute atomic E-state index is 13.3.